The molecule has 16 heteroatoms. The Bertz CT molecular complexity index is 731. The average Bonchev–Trinajstić information content (AvgIpc) is 2.61. The van der Waals surface area contributed by atoms with Crippen molar-refractivity contribution in [3.05, 3.63) is 0 Å². The predicted molar refractivity (Wildman–Crippen MR) is 151 cm³/mol. The van der Waals surface area contributed by atoms with Crippen molar-refractivity contribution in [1.29, 1.82) is 0 Å². The van der Waals surface area contributed by atoms with Crippen LogP contribution in [0.2, 0.25) is 0 Å². The summed E-state index contributed by atoms with van der Waals surface area (Å²) in [7, 11) is -2.92. The Morgan fingerprint density at radius 1 is 0.567 bits per heavy atom. The molecule has 0 radical (unpaired) electrons. The number of halogens is 1. The molecule has 0 saturated heterocycles. The topological polar surface area (TPSA) is 77.1 Å². The summed E-state index contributed by atoms with van der Waals surface area (Å²) in [5, 5.41) is 0. The van der Waals surface area contributed by atoms with Gasteiger partial charge in [0.05, 0.1) is 19.8 Å². The summed E-state index contributed by atoms with van der Waals surface area (Å²) in [5.41, 5.74) is -4.80. The average molecular weight is 595 g/mol. The van der Waals surface area contributed by atoms with Gasteiger partial charge in [-0.1, -0.05) is 73.2 Å². The lowest BCUT2D eigenvalue weighted by Gasteiger charge is -2.31. The van der Waals surface area contributed by atoms with Gasteiger partial charge in [-0.2, -0.15) is 18.1 Å². The zero-order valence-electron chi connectivity index (χ0n) is 18.8. The fourth-order valence-electron chi connectivity index (χ4n) is 2.28. The maximum atomic E-state index is 7.08. The fraction of sp³-hybridized carbons (Fsp3) is 1.00. The van der Waals surface area contributed by atoms with Crippen molar-refractivity contribution in [3.8, 4) is 0 Å². The third-order valence-electron chi connectivity index (χ3n) is 2.98. The Labute approximate surface area is 204 Å². The van der Waals surface area contributed by atoms with Crippen LogP contribution in [0.4, 0.5) is 0 Å². The normalized spacial score (nSPS) is 24.5. The molecule has 0 spiro atoms. The van der Waals surface area contributed by atoms with Gasteiger partial charge in [-0.3, -0.25) is 0 Å². The van der Waals surface area contributed by atoms with E-state index in [4.69, 9.17) is 42.9 Å². The maximum Gasteiger partial charge on any atom is 0.344 e. The third kappa shape index (κ3) is 8.93. The highest BCUT2D eigenvalue weighted by molar-refractivity contribution is 8.92. The molecule has 1 aliphatic heterocycles. The summed E-state index contributed by atoms with van der Waals surface area (Å²) in [4.78, 5) is 0. The molecular formula is C14H35ClN4O3P4S4. The summed E-state index contributed by atoms with van der Waals surface area (Å²) in [6.45, 7) is 12.7. The van der Waals surface area contributed by atoms with E-state index >= 15 is 0 Å². The van der Waals surface area contributed by atoms with Crippen molar-refractivity contribution in [2.45, 2.75) is 48.5 Å². The summed E-state index contributed by atoms with van der Waals surface area (Å²) < 4.78 is 39.4. The molecule has 0 aromatic heterocycles. The lowest BCUT2D eigenvalue weighted by molar-refractivity contribution is 0.261. The van der Waals surface area contributed by atoms with Gasteiger partial charge in [0, 0.05) is 0 Å². The van der Waals surface area contributed by atoms with E-state index in [2.05, 4.69) is 27.7 Å². The van der Waals surface area contributed by atoms with Crippen LogP contribution in [-0.2, 0) is 13.6 Å². The van der Waals surface area contributed by atoms with Gasteiger partial charge in [0.2, 0.25) is 0 Å². The molecule has 1 atom stereocenters. The van der Waals surface area contributed by atoms with Gasteiger partial charge in [-0.05, 0) is 55.0 Å². The molecule has 0 amide bonds. The fourth-order valence-corrected chi connectivity index (χ4v) is 37.8. The second-order valence-corrected chi connectivity index (χ2v) is 28.0. The van der Waals surface area contributed by atoms with E-state index in [0.29, 0.717) is 19.8 Å². The minimum absolute atomic E-state index is 0.447. The van der Waals surface area contributed by atoms with Crippen LogP contribution in [0, 0.1) is 0 Å². The molecule has 0 fully saturated rings. The first-order valence-corrected chi connectivity index (χ1v) is 23.8. The first-order valence-electron chi connectivity index (χ1n) is 10.0. The van der Waals surface area contributed by atoms with Crippen molar-refractivity contribution >= 4 is 82.4 Å². The molecule has 1 unspecified atom stereocenters. The molecule has 0 aromatic rings. The second kappa shape index (κ2) is 14.8. The van der Waals surface area contributed by atoms with Gasteiger partial charge >= 0.3 is 7.66 Å². The Morgan fingerprint density at radius 3 is 1.33 bits per heavy atom. The highest BCUT2D eigenvalue weighted by Crippen LogP contribution is 2.91. The molecule has 1 aliphatic rings. The van der Waals surface area contributed by atoms with Crippen molar-refractivity contribution in [2.75, 3.05) is 42.8 Å². The van der Waals surface area contributed by atoms with Crippen LogP contribution in [0.1, 0.15) is 48.5 Å². The molecule has 30 heavy (non-hydrogen) atoms. The van der Waals surface area contributed by atoms with Crippen LogP contribution in [0.3, 0.4) is 0 Å². The van der Waals surface area contributed by atoms with Crippen LogP contribution in [0.5, 0.6) is 0 Å². The van der Waals surface area contributed by atoms with Crippen molar-refractivity contribution < 1.29 is 13.6 Å². The van der Waals surface area contributed by atoms with Crippen LogP contribution < -0.4 is 0 Å². The molecule has 1 heterocycles. The molecule has 1 rings (SSSR count). The standard InChI is InChI=1S/C14H35ClN4O3P4S4/c1-8-20-23(15)16-25(27-11-4,28-12-5)18-24(21-9-2,22-10-3)19-26(17-23,29-13-6)30-14-7/h8-14H2,1-7H3. The second-order valence-electron chi connectivity index (χ2n) is 5.23. The molecule has 0 aliphatic carbocycles. The molecule has 0 N–H and O–H groups in total. The zero-order chi connectivity index (χ0) is 22.7. The molecule has 0 bridgehead atoms. The van der Waals surface area contributed by atoms with Crippen LogP contribution >= 0.6 is 82.4 Å². The van der Waals surface area contributed by atoms with Crippen LogP contribution in [-0.4, -0.2) is 42.8 Å². The quantitative estimate of drug-likeness (QED) is 0.185. The number of rotatable bonds is 14. The minimum Gasteiger partial charge on any atom is -0.316 e. The van der Waals surface area contributed by atoms with Gasteiger partial charge in [0.1, 0.15) is 0 Å². The Kier molecular flexibility index (Phi) is 15.0. The number of hydrogen-bond acceptors (Lipinski definition) is 11. The monoisotopic (exact) mass is 594 g/mol. The highest BCUT2D eigenvalue weighted by atomic mass is 35.7. The predicted octanol–water partition coefficient (Wildman–Crippen LogP) is 11.1. The highest BCUT2D eigenvalue weighted by Gasteiger charge is 2.39. The Balaban J connectivity index is 4.11. The molecule has 7 nitrogen and oxygen atoms in total. The minimum atomic E-state index is -2.93. The van der Waals surface area contributed by atoms with E-state index in [1.807, 2.05) is 20.8 Å². The number of hydrogen-bond donors (Lipinski definition) is 0. The van der Waals surface area contributed by atoms with E-state index in [0.717, 1.165) is 23.0 Å². The smallest absolute Gasteiger partial charge is 0.316 e. The summed E-state index contributed by atoms with van der Waals surface area (Å²) in [6, 6.07) is 0. The molecular weight excluding hydrogens is 560 g/mol. The number of nitrogens with zero attached hydrogens (tertiary/aromatic N) is 4. The summed E-state index contributed by atoms with van der Waals surface area (Å²) >= 11 is 13.9. The third-order valence-corrected chi connectivity index (χ3v) is 32.0. The van der Waals surface area contributed by atoms with Crippen molar-refractivity contribution in [3.63, 3.8) is 0 Å². The van der Waals surface area contributed by atoms with Crippen molar-refractivity contribution in [2.24, 2.45) is 18.1 Å². The first-order chi connectivity index (χ1) is 14.3. The maximum absolute atomic E-state index is 7.08. The van der Waals surface area contributed by atoms with E-state index < -0.39 is 25.7 Å². The molecule has 180 valence electrons. The Hall–Kier alpha value is 2.49. The van der Waals surface area contributed by atoms with Gasteiger partial charge in [-0.25, -0.2) is 0 Å². The Morgan fingerprint density at radius 2 is 0.967 bits per heavy atom. The van der Waals surface area contributed by atoms with Crippen LogP contribution in [0.15, 0.2) is 18.1 Å². The first kappa shape index (κ1) is 30.5. The summed E-state index contributed by atoms with van der Waals surface area (Å²) in [5.74, 6) is 3.40. The molecule has 0 saturated carbocycles. The largest absolute Gasteiger partial charge is 0.344 e. The van der Waals surface area contributed by atoms with Gasteiger partial charge in [0.15, 0.2) is 11.2 Å². The van der Waals surface area contributed by atoms with Gasteiger partial charge < -0.3 is 13.6 Å². The summed E-state index contributed by atoms with van der Waals surface area (Å²) in [6.07, 6.45) is 0. The molecule has 0 aromatic carbocycles. The van der Waals surface area contributed by atoms with Crippen molar-refractivity contribution in [1.82, 2.24) is 0 Å². The van der Waals surface area contributed by atoms with Gasteiger partial charge in [0.25, 0.3) is 6.78 Å². The van der Waals surface area contributed by atoms with E-state index in [1.165, 1.54) is 0 Å². The zero-order valence-corrected chi connectivity index (χ0v) is 26.4. The van der Waals surface area contributed by atoms with E-state index in [9.17, 15) is 0 Å². The van der Waals surface area contributed by atoms with Crippen LogP contribution in [0.25, 0.3) is 0 Å². The van der Waals surface area contributed by atoms with E-state index in [-0.39, 0.29) is 0 Å². The SMILES string of the molecule is CCOP1(Cl)=NP(SCC)(SCC)=NP(OCC)(OCC)=NP(SCC)(SCC)=N1. The lowest BCUT2D eigenvalue weighted by Crippen LogP contribution is -1.95. The van der Waals surface area contributed by atoms with Gasteiger partial charge in [-0.15, -0.1) is 0 Å². The lowest BCUT2D eigenvalue weighted by atomic mass is 10.9. The van der Waals surface area contributed by atoms with E-state index in [1.54, 1.807) is 45.5 Å².